The van der Waals surface area contributed by atoms with Crippen molar-refractivity contribution >= 4 is 51.7 Å². The second-order valence-corrected chi connectivity index (χ2v) is 5.22. The number of hydrogen-bond donors (Lipinski definition) is 0. The van der Waals surface area contributed by atoms with Gasteiger partial charge in [-0.25, -0.2) is 19.9 Å². The molecule has 0 atom stereocenters. The van der Waals surface area contributed by atoms with Crippen molar-refractivity contribution in [1.82, 2.24) is 19.5 Å². The molecule has 7 heteroatoms. The number of allylic oxidation sites excluding steroid dienone is 1. The van der Waals surface area contributed by atoms with E-state index in [4.69, 9.17) is 0 Å². The van der Waals surface area contributed by atoms with Crippen molar-refractivity contribution in [3.8, 4) is 5.95 Å². The molecule has 0 fully saturated rings. The molecule has 2 aromatic heterocycles. The Labute approximate surface area is 138 Å². The van der Waals surface area contributed by atoms with E-state index in [0.717, 1.165) is 28.1 Å². The third-order valence-corrected chi connectivity index (χ3v) is 3.22. The lowest BCUT2D eigenvalue weighted by molar-refractivity contribution is 0.909. The molecule has 0 saturated carbocycles. The quantitative estimate of drug-likeness (QED) is 0.610. The topological polar surface area (TPSA) is 56.0 Å². The molecule has 0 aromatic carbocycles. The first-order valence-electron chi connectivity index (χ1n) is 7.36. The van der Waals surface area contributed by atoms with Crippen LogP contribution < -0.4 is 5.72 Å². The van der Waals surface area contributed by atoms with E-state index in [-0.39, 0.29) is 0 Å². The van der Waals surface area contributed by atoms with Gasteiger partial charge in [0.25, 0.3) is 0 Å². The van der Waals surface area contributed by atoms with E-state index in [0.29, 0.717) is 11.7 Å². The zero-order valence-electron chi connectivity index (χ0n) is 14.0. The summed E-state index contributed by atoms with van der Waals surface area (Å²) in [5, 5.41) is 0. The Morgan fingerprint density at radius 1 is 1.26 bits per heavy atom. The van der Waals surface area contributed by atoms with E-state index < -0.39 is 0 Å². The van der Waals surface area contributed by atoms with Gasteiger partial charge >= 0.3 is 0 Å². The Morgan fingerprint density at radius 3 is 2.48 bits per heavy atom. The molecule has 0 unspecified atom stereocenters. The standard InChI is InChI=1S/C16H19B2N5/c1-5-11-12(6-2)14(19-7-3)23(13(11)8-10(4)17)16-21-9-20-15(18)22-16/h5-9H,1-2,17-18H2,3-4H3/b10-8+,19-7-. The van der Waals surface area contributed by atoms with Crippen LogP contribution in [0.2, 0.25) is 0 Å². The molecule has 0 N–H and O–H groups in total. The molecule has 2 aromatic rings. The predicted octanol–water partition coefficient (Wildman–Crippen LogP) is 0.923. The monoisotopic (exact) mass is 303 g/mol. The average Bonchev–Trinajstić information content (AvgIpc) is 2.79. The maximum Gasteiger partial charge on any atom is 0.238 e. The molecule has 0 radical (unpaired) electrons. The van der Waals surface area contributed by atoms with Gasteiger partial charge in [0.05, 0.1) is 11.4 Å². The third-order valence-electron chi connectivity index (χ3n) is 3.22. The summed E-state index contributed by atoms with van der Waals surface area (Å²) in [6, 6.07) is 0. The van der Waals surface area contributed by atoms with Crippen LogP contribution in [0.1, 0.15) is 30.7 Å². The predicted molar refractivity (Wildman–Crippen MR) is 104 cm³/mol. The molecule has 2 rings (SSSR count). The van der Waals surface area contributed by atoms with Crippen LogP contribution in [0.25, 0.3) is 24.2 Å². The van der Waals surface area contributed by atoms with Crippen molar-refractivity contribution in [1.29, 1.82) is 0 Å². The summed E-state index contributed by atoms with van der Waals surface area (Å²) in [4.78, 5) is 17.3. The summed E-state index contributed by atoms with van der Waals surface area (Å²) in [7, 11) is 3.88. The maximum absolute atomic E-state index is 4.51. The molecule has 0 amide bonds. The van der Waals surface area contributed by atoms with Crippen LogP contribution in [-0.4, -0.2) is 41.4 Å². The average molecular weight is 303 g/mol. The van der Waals surface area contributed by atoms with Crippen LogP contribution >= 0.6 is 0 Å². The molecular formula is C16H19B2N5. The first-order chi connectivity index (χ1) is 11.0. The van der Waals surface area contributed by atoms with E-state index in [2.05, 4.69) is 39.2 Å². The van der Waals surface area contributed by atoms with Crippen LogP contribution in [0, 0.1) is 0 Å². The summed E-state index contributed by atoms with van der Waals surface area (Å²) >= 11 is 0. The Hall–Kier alpha value is -2.69. The minimum absolute atomic E-state index is 0.529. The maximum atomic E-state index is 4.51. The second kappa shape index (κ2) is 7.05. The van der Waals surface area contributed by atoms with E-state index in [1.54, 1.807) is 12.3 Å². The van der Waals surface area contributed by atoms with Gasteiger partial charge in [0.2, 0.25) is 5.95 Å². The molecule has 0 spiro atoms. The lowest BCUT2D eigenvalue weighted by Gasteiger charge is -2.08. The number of rotatable bonds is 5. The fraction of sp³-hybridized carbons (Fsp3) is 0.125. The van der Waals surface area contributed by atoms with Gasteiger partial charge in [-0.05, 0) is 13.0 Å². The summed E-state index contributed by atoms with van der Waals surface area (Å²) in [5.41, 5.74) is 4.60. The molecule has 5 nitrogen and oxygen atoms in total. The van der Waals surface area contributed by atoms with Gasteiger partial charge in [0, 0.05) is 17.3 Å². The number of aromatic nitrogens is 4. The van der Waals surface area contributed by atoms with Crippen molar-refractivity contribution in [3.05, 3.63) is 41.8 Å². The smallest absolute Gasteiger partial charge is 0.238 e. The Balaban J connectivity index is 2.96. The van der Waals surface area contributed by atoms with Gasteiger partial charge in [-0.3, -0.25) is 4.57 Å². The molecule has 114 valence electrons. The second-order valence-electron chi connectivity index (χ2n) is 5.22. The third kappa shape index (κ3) is 3.23. The molecule has 2 heterocycles. The minimum atomic E-state index is 0.529. The summed E-state index contributed by atoms with van der Waals surface area (Å²) in [6.07, 6.45) is 8.91. The van der Waals surface area contributed by atoms with Crippen LogP contribution in [0.5, 0.6) is 0 Å². The van der Waals surface area contributed by atoms with Gasteiger partial charge in [-0.15, -0.1) is 5.47 Å². The Kier molecular flexibility index (Phi) is 5.11. The van der Waals surface area contributed by atoms with Gasteiger partial charge in [0.1, 0.15) is 20.0 Å². The number of aliphatic imine (C=N–C) groups is 1. The molecular weight excluding hydrogens is 284 g/mol. The Morgan fingerprint density at radius 2 is 1.96 bits per heavy atom. The fourth-order valence-electron chi connectivity index (χ4n) is 2.37. The van der Waals surface area contributed by atoms with Crippen molar-refractivity contribution in [2.75, 3.05) is 0 Å². The first-order valence-corrected chi connectivity index (χ1v) is 7.36. The van der Waals surface area contributed by atoms with Crippen LogP contribution in [0.3, 0.4) is 0 Å². The lowest BCUT2D eigenvalue weighted by atomic mass is 9.95. The van der Waals surface area contributed by atoms with E-state index in [9.17, 15) is 0 Å². The van der Waals surface area contributed by atoms with E-state index >= 15 is 0 Å². The zero-order chi connectivity index (χ0) is 17.0. The molecule has 0 bridgehead atoms. The minimum Gasteiger partial charge on any atom is -0.262 e. The normalized spacial score (nSPS) is 11.8. The summed E-state index contributed by atoms with van der Waals surface area (Å²) in [5.74, 6) is 1.26. The first kappa shape index (κ1) is 16.7. The number of nitrogens with zero attached hydrogens (tertiary/aromatic N) is 5. The summed E-state index contributed by atoms with van der Waals surface area (Å²) in [6.45, 7) is 11.8. The lowest BCUT2D eigenvalue weighted by Crippen LogP contribution is -2.17. The highest BCUT2D eigenvalue weighted by molar-refractivity contribution is 6.28. The highest BCUT2D eigenvalue weighted by Gasteiger charge is 2.20. The fourth-order valence-corrected chi connectivity index (χ4v) is 2.37. The van der Waals surface area contributed by atoms with Crippen molar-refractivity contribution in [2.45, 2.75) is 13.8 Å². The zero-order valence-corrected chi connectivity index (χ0v) is 14.0. The molecule has 0 aliphatic rings. The molecule has 0 saturated heterocycles. The van der Waals surface area contributed by atoms with Crippen molar-refractivity contribution < 1.29 is 0 Å². The summed E-state index contributed by atoms with van der Waals surface area (Å²) < 4.78 is 1.91. The van der Waals surface area contributed by atoms with Crippen molar-refractivity contribution in [2.24, 2.45) is 4.99 Å². The van der Waals surface area contributed by atoms with Crippen molar-refractivity contribution in [3.63, 3.8) is 0 Å². The van der Waals surface area contributed by atoms with Gasteiger partial charge < -0.3 is 0 Å². The molecule has 23 heavy (non-hydrogen) atoms. The highest BCUT2D eigenvalue weighted by atomic mass is 15.2. The van der Waals surface area contributed by atoms with Gasteiger partial charge in [-0.2, -0.15) is 0 Å². The van der Waals surface area contributed by atoms with Gasteiger partial charge in [-0.1, -0.05) is 32.2 Å². The van der Waals surface area contributed by atoms with E-state index in [1.807, 2.05) is 40.2 Å². The molecule has 0 aliphatic carbocycles. The SMILES string of the molecule is B/C(C)=C/c1c(C=C)c(C=C)c(/N=C\C)n1-c1ncnc(B)n1. The number of hydrogen-bond acceptors (Lipinski definition) is 4. The molecule has 0 aliphatic heterocycles. The Bertz CT molecular complexity index is 814. The highest BCUT2D eigenvalue weighted by Crippen LogP contribution is 2.34. The van der Waals surface area contributed by atoms with Crippen LogP contribution in [0.4, 0.5) is 5.82 Å². The van der Waals surface area contributed by atoms with E-state index in [1.165, 1.54) is 6.33 Å². The van der Waals surface area contributed by atoms with Crippen LogP contribution in [0.15, 0.2) is 30.0 Å². The van der Waals surface area contributed by atoms with Gasteiger partial charge in [0.15, 0.2) is 7.85 Å². The largest absolute Gasteiger partial charge is 0.262 e. The van der Waals surface area contributed by atoms with Crippen LogP contribution in [-0.2, 0) is 0 Å².